The van der Waals surface area contributed by atoms with Gasteiger partial charge in [0, 0.05) is 98.8 Å². The van der Waals surface area contributed by atoms with Crippen LogP contribution in [0.2, 0.25) is 0 Å². The topological polar surface area (TPSA) is 9.86 Å². The van der Waals surface area contributed by atoms with Gasteiger partial charge in [0.2, 0.25) is 0 Å². The molecule has 6 aromatic heterocycles. The molecule has 0 saturated heterocycles. The number of hydrogen-bond donors (Lipinski definition) is 0. The molecule has 16 rings (SSSR count). The van der Waals surface area contributed by atoms with E-state index in [4.69, 9.17) is 0 Å². The minimum absolute atomic E-state index is 1.19. The van der Waals surface area contributed by atoms with Crippen LogP contribution in [0.5, 0.6) is 0 Å². The minimum atomic E-state index is 1.19. The van der Waals surface area contributed by atoms with Gasteiger partial charge in [-0.1, -0.05) is 121 Å². The molecule has 0 spiro atoms. The number of fused-ring (bicyclic) bond motifs is 21. The zero-order chi connectivity index (χ0) is 42.8. The molecule has 306 valence electrons. The first-order valence-corrected chi connectivity index (χ1v) is 25.6. The highest BCUT2D eigenvalue weighted by Crippen LogP contribution is 2.50. The second-order valence-corrected chi connectivity index (χ2v) is 21.8. The molecule has 0 aliphatic heterocycles. The maximum absolute atomic E-state index is 2.59. The van der Waals surface area contributed by atoms with Gasteiger partial charge in [0.1, 0.15) is 4.83 Å². The van der Waals surface area contributed by atoms with Crippen LogP contribution in [-0.4, -0.2) is 9.13 Å². The number of nitrogens with zero attached hydrogens (tertiary/aromatic N) is 2. The summed E-state index contributed by atoms with van der Waals surface area (Å²) >= 11 is 7.58. The lowest BCUT2D eigenvalue weighted by molar-refractivity contribution is 1.20. The van der Waals surface area contributed by atoms with Crippen LogP contribution >= 0.6 is 45.3 Å². The normalized spacial score (nSPS) is 12.5. The zero-order valence-corrected chi connectivity index (χ0v) is 38.3. The molecule has 66 heavy (non-hydrogen) atoms. The lowest BCUT2D eigenvalue weighted by Crippen LogP contribution is -1.94. The fourth-order valence-electron chi connectivity index (χ4n) is 11.3. The van der Waals surface area contributed by atoms with Crippen LogP contribution in [0.4, 0.5) is 0 Å². The number of para-hydroxylation sites is 1. The molecule has 6 heterocycles. The fourth-order valence-corrected chi connectivity index (χ4v) is 16.0. The SMILES string of the molecule is c1ccc2c(c1)sc1ccc(-n3c4ccccc4c4c5ccc(-c6ccc7c8c9ccccc9c9c%10ccccc%10sc9c8n(-c8ccc9sc%10ccccc%10c9c8)c7c6)cc5sc43)cc12. The Balaban J connectivity index is 0.956. The summed E-state index contributed by atoms with van der Waals surface area (Å²) < 4.78 is 14.3. The number of hydrogen-bond acceptors (Lipinski definition) is 4. The summed E-state index contributed by atoms with van der Waals surface area (Å²) in [4.78, 5) is 1.29. The van der Waals surface area contributed by atoms with Crippen molar-refractivity contribution in [1.82, 2.24) is 9.13 Å². The molecule has 0 saturated carbocycles. The zero-order valence-electron chi connectivity index (χ0n) is 35.0. The molecule has 10 aromatic carbocycles. The van der Waals surface area contributed by atoms with Crippen molar-refractivity contribution in [1.29, 1.82) is 0 Å². The maximum atomic E-state index is 2.59. The minimum Gasteiger partial charge on any atom is -0.308 e. The highest BCUT2D eigenvalue weighted by molar-refractivity contribution is 7.27. The van der Waals surface area contributed by atoms with E-state index in [-0.39, 0.29) is 0 Å². The number of thiophene rings is 4. The molecular formula is C60H32N2S4. The third kappa shape index (κ3) is 4.78. The van der Waals surface area contributed by atoms with E-state index >= 15 is 0 Å². The van der Waals surface area contributed by atoms with Crippen LogP contribution in [-0.2, 0) is 0 Å². The van der Waals surface area contributed by atoms with E-state index in [1.54, 1.807) is 0 Å². The summed E-state index contributed by atoms with van der Waals surface area (Å²) in [6.07, 6.45) is 0. The summed E-state index contributed by atoms with van der Waals surface area (Å²) in [7, 11) is 0. The van der Waals surface area contributed by atoms with E-state index in [9.17, 15) is 0 Å². The summed E-state index contributed by atoms with van der Waals surface area (Å²) in [5.41, 5.74) is 8.59. The fraction of sp³-hybridized carbons (Fsp3) is 0. The molecule has 0 N–H and O–H groups in total. The van der Waals surface area contributed by atoms with Gasteiger partial charge in [-0.25, -0.2) is 0 Å². The van der Waals surface area contributed by atoms with Gasteiger partial charge in [0.25, 0.3) is 0 Å². The first-order valence-electron chi connectivity index (χ1n) is 22.3. The standard InChI is InChI=1S/C60H32N2S4/c1-2-14-40-39(13-1)55-42-25-21-33(29-48(42)61(58(55)59-56(40)43-16-6-10-20-51(43)65-59)35-23-27-52-45(31-35)37-11-4-8-18-49(37)63-52)34-22-26-44-54(30-34)66-60-57(44)41-15-3-7-17-47(41)62(60)36-24-28-53-46(32-36)38-12-5-9-19-50(38)64-53/h1-32H. The van der Waals surface area contributed by atoms with Crippen molar-refractivity contribution >= 4 is 170 Å². The van der Waals surface area contributed by atoms with Gasteiger partial charge in [-0.3, -0.25) is 0 Å². The Kier molecular flexibility index (Phi) is 7.17. The largest absolute Gasteiger partial charge is 0.308 e. The van der Waals surface area contributed by atoms with Crippen molar-refractivity contribution in [2.75, 3.05) is 0 Å². The van der Waals surface area contributed by atoms with Crippen molar-refractivity contribution in [2.24, 2.45) is 0 Å². The van der Waals surface area contributed by atoms with Crippen LogP contribution in [0.3, 0.4) is 0 Å². The predicted octanol–water partition coefficient (Wildman–Crippen LogP) is 19.0. The Hall–Kier alpha value is -7.32. The Morgan fingerprint density at radius 3 is 1.47 bits per heavy atom. The summed E-state index contributed by atoms with van der Waals surface area (Å²) in [6, 6.07) is 73.1. The maximum Gasteiger partial charge on any atom is 0.109 e. The summed E-state index contributed by atoms with van der Waals surface area (Å²) in [5, 5.41) is 17.1. The molecule has 0 aliphatic carbocycles. The molecule has 2 nitrogen and oxygen atoms in total. The number of benzene rings is 10. The lowest BCUT2D eigenvalue weighted by atomic mass is 9.98. The van der Waals surface area contributed by atoms with Gasteiger partial charge in [0.15, 0.2) is 0 Å². The van der Waals surface area contributed by atoms with Gasteiger partial charge in [0.05, 0.1) is 21.3 Å². The quantitative estimate of drug-likeness (QED) is 0.167. The Labute approximate surface area is 392 Å². The van der Waals surface area contributed by atoms with E-state index in [0.717, 1.165) is 0 Å². The Morgan fingerprint density at radius 1 is 0.273 bits per heavy atom. The van der Waals surface area contributed by atoms with Crippen LogP contribution in [0.1, 0.15) is 0 Å². The molecular weight excluding hydrogens is 877 g/mol. The third-order valence-corrected chi connectivity index (χ3v) is 18.7. The molecule has 0 unspecified atom stereocenters. The van der Waals surface area contributed by atoms with E-state index in [2.05, 4.69) is 203 Å². The first-order chi connectivity index (χ1) is 32.7. The van der Waals surface area contributed by atoms with Gasteiger partial charge in [-0.15, -0.1) is 45.3 Å². The molecule has 0 bridgehead atoms. The molecule has 0 atom stereocenters. The van der Waals surface area contributed by atoms with Crippen molar-refractivity contribution in [3.05, 3.63) is 194 Å². The number of aromatic nitrogens is 2. The highest BCUT2D eigenvalue weighted by atomic mass is 32.1. The van der Waals surface area contributed by atoms with Crippen LogP contribution in [0.25, 0.3) is 147 Å². The van der Waals surface area contributed by atoms with Crippen molar-refractivity contribution in [3.8, 4) is 22.5 Å². The molecule has 16 aromatic rings. The predicted molar refractivity (Wildman–Crippen MR) is 292 cm³/mol. The second-order valence-electron chi connectivity index (χ2n) is 17.5. The van der Waals surface area contributed by atoms with Gasteiger partial charge < -0.3 is 9.13 Å². The average Bonchev–Trinajstić information content (AvgIpc) is 4.22. The van der Waals surface area contributed by atoms with E-state index < -0.39 is 0 Å². The molecule has 0 radical (unpaired) electrons. The highest BCUT2D eigenvalue weighted by Gasteiger charge is 2.24. The van der Waals surface area contributed by atoms with Gasteiger partial charge in [-0.2, -0.15) is 0 Å². The Bertz CT molecular complexity index is 4780. The average molecular weight is 909 g/mol. The second kappa shape index (κ2) is 13.2. The van der Waals surface area contributed by atoms with E-state index in [1.165, 1.54) is 147 Å². The smallest absolute Gasteiger partial charge is 0.109 e. The Morgan fingerprint density at radius 2 is 0.773 bits per heavy atom. The monoisotopic (exact) mass is 908 g/mol. The van der Waals surface area contributed by atoms with Gasteiger partial charge in [-0.05, 0) is 94.7 Å². The van der Waals surface area contributed by atoms with Crippen molar-refractivity contribution in [3.63, 3.8) is 0 Å². The summed E-state index contributed by atoms with van der Waals surface area (Å²) in [6.45, 7) is 0. The molecule has 0 amide bonds. The van der Waals surface area contributed by atoms with E-state index in [0.29, 0.717) is 0 Å². The van der Waals surface area contributed by atoms with E-state index in [1.807, 2.05) is 45.3 Å². The van der Waals surface area contributed by atoms with Crippen LogP contribution in [0, 0.1) is 0 Å². The molecule has 6 heteroatoms. The number of rotatable bonds is 3. The van der Waals surface area contributed by atoms with Crippen molar-refractivity contribution in [2.45, 2.75) is 0 Å². The lowest BCUT2D eigenvalue weighted by Gasteiger charge is -2.11. The van der Waals surface area contributed by atoms with Crippen LogP contribution in [0.15, 0.2) is 194 Å². The first kappa shape index (κ1) is 36.0. The molecule has 0 aliphatic rings. The molecule has 0 fully saturated rings. The van der Waals surface area contributed by atoms with Crippen molar-refractivity contribution < 1.29 is 0 Å². The summed E-state index contributed by atoms with van der Waals surface area (Å²) in [5.74, 6) is 0. The van der Waals surface area contributed by atoms with Crippen LogP contribution < -0.4 is 0 Å². The third-order valence-electron chi connectivity index (χ3n) is 14.1. The van der Waals surface area contributed by atoms with Gasteiger partial charge >= 0.3 is 0 Å².